The topological polar surface area (TPSA) is 58.2 Å². The van der Waals surface area contributed by atoms with Crippen LogP contribution in [0.3, 0.4) is 0 Å². The van der Waals surface area contributed by atoms with Gasteiger partial charge in [-0.25, -0.2) is 0 Å². The Morgan fingerprint density at radius 3 is 2.77 bits per heavy atom. The molecule has 2 aromatic heterocycles. The first-order chi connectivity index (χ1) is 15.1. The maximum Gasteiger partial charge on any atom is 0.230 e. The molecular formula is C25H26ClN3O2. The minimum Gasteiger partial charge on any atom is -0.385 e. The number of H-pyrrole nitrogens is 1. The highest BCUT2D eigenvalue weighted by atomic mass is 35.5. The Labute approximate surface area is 187 Å². The SMILES string of the molecule is COCCCN(Cc1ccccn1)C(=O)[C@H](C)c1ccc2c(c1)[nH]c1ccc(Cl)cc12. The van der Waals surface area contributed by atoms with E-state index in [0.29, 0.717) is 24.7 Å². The third kappa shape index (κ3) is 4.73. The molecule has 0 spiro atoms. The number of aromatic nitrogens is 2. The number of rotatable bonds is 8. The highest BCUT2D eigenvalue weighted by molar-refractivity contribution is 6.31. The molecule has 0 saturated carbocycles. The maximum absolute atomic E-state index is 13.4. The second-order valence-electron chi connectivity index (χ2n) is 7.77. The number of carbonyl (C=O) groups excluding carboxylic acids is 1. The highest BCUT2D eigenvalue weighted by Crippen LogP contribution is 2.30. The normalized spacial score (nSPS) is 12.4. The molecular weight excluding hydrogens is 410 g/mol. The van der Waals surface area contributed by atoms with E-state index in [4.69, 9.17) is 16.3 Å². The minimum atomic E-state index is -0.273. The number of aromatic amines is 1. The summed E-state index contributed by atoms with van der Waals surface area (Å²) in [6.45, 7) is 3.69. The zero-order valence-electron chi connectivity index (χ0n) is 17.8. The minimum absolute atomic E-state index is 0.0836. The predicted octanol–water partition coefficient (Wildman–Crippen LogP) is 5.54. The van der Waals surface area contributed by atoms with Crippen LogP contribution < -0.4 is 0 Å². The first-order valence-electron chi connectivity index (χ1n) is 10.5. The number of fused-ring (bicyclic) bond motifs is 3. The summed E-state index contributed by atoms with van der Waals surface area (Å²) in [4.78, 5) is 23.1. The van der Waals surface area contributed by atoms with Crippen molar-refractivity contribution in [1.29, 1.82) is 0 Å². The van der Waals surface area contributed by atoms with Crippen LogP contribution in [-0.4, -0.2) is 41.0 Å². The quantitative estimate of drug-likeness (QED) is 0.370. The standard InChI is InChI=1S/C25H26ClN3O2/c1-17(25(30)29(12-5-13-31-2)16-20-6-3-4-11-27-20)18-7-9-21-22-15-19(26)8-10-23(22)28-24(21)14-18/h3-4,6-11,14-15,17,28H,5,12-13,16H2,1-2H3/t17-/m1/s1. The summed E-state index contributed by atoms with van der Waals surface area (Å²) in [6.07, 6.45) is 2.54. The molecule has 4 aromatic rings. The molecule has 0 aliphatic heterocycles. The average molecular weight is 436 g/mol. The van der Waals surface area contributed by atoms with E-state index in [2.05, 4.69) is 22.1 Å². The molecule has 1 N–H and O–H groups in total. The maximum atomic E-state index is 13.4. The molecule has 0 radical (unpaired) electrons. The van der Waals surface area contributed by atoms with Gasteiger partial charge in [-0.2, -0.15) is 0 Å². The van der Waals surface area contributed by atoms with Gasteiger partial charge < -0.3 is 14.6 Å². The van der Waals surface area contributed by atoms with E-state index in [1.807, 2.05) is 54.3 Å². The van der Waals surface area contributed by atoms with Crippen molar-refractivity contribution in [2.24, 2.45) is 0 Å². The van der Waals surface area contributed by atoms with Crippen LogP contribution in [0, 0.1) is 0 Å². The van der Waals surface area contributed by atoms with Crippen molar-refractivity contribution >= 4 is 39.3 Å². The lowest BCUT2D eigenvalue weighted by Crippen LogP contribution is -2.35. The third-order valence-corrected chi connectivity index (χ3v) is 5.86. The summed E-state index contributed by atoms with van der Waals surface area (Å²) < 4.78 is 5.19. The van der Waals surface area contributed by atoms with Gasteiger partial charge >= 0.3 is 0 Å². The Kier molecular flexibility index (Phi) is 6.54. The van der Waals surface area contributed by atoms with Crippen LogP contribution in [0.1, 0.15) is 30.5 Å². The van der Waals surface area contributed by atoms with Gasteiger partial charge in [0.1, 0.15) is 0 Å². The molecule has 6 heteroatoms. The number of carbonyl (C=O) groups is 1. The van der Waals surface area contributed by atoms with E-state index < -0.39 is 0 Å². The molecule has 0 bridgehead atoms. The van der Waals surface area contributed by atoms with Gasteiger partial charge in [0.25, 0.3) is 0 Å². The number of ether oxygens (including phenoxy) is 1. The fourth-order valence-electron chi connectivity index (χ4n) is 3.93. The van der Waals surface area contributed by atoms with Crippen LogP contribution in [-0.2, 0) is 16.1 Å². The summed E-state index contributed by atoms with van der Waals surface area (Å²) in [5.41, 5.74) is 3.90. The van der Waals surface area contributed by atoms with Gasteiger partial charge in [-0.05, 0) is 55.3 Å². The lowest BCUT2D eigenvalue weighted by molar-refractivity contribution is -0.133. The number of benzene rings is 2. The third-order valence-electron chi connectivity index (χ3n) is 5.62. The van der Waals surface area contributed by atoms with Crippen molar-refractivity contribution in [3.63, 3.8) is 0 Å². The van der Waals surface area contributed by atoms with Crippen molar-refractivity contribution < 1.29 is 9.53 Å². The first-order valence-corrected chi connectivity index (χ1v) is 10.8. The van der Waals surface area contributed by atoms with E-state index in [0.717, 1.165) is 39.5 Å². The second-order valence-corrected chi connectivity index (χ2v) is 8.21. The lowest BCUT2D eigenvalue weighted by atomic mass is 9.98. The number of methoxy groups -OCH3 is 1. The largest absolute Gasteiger partial charge is 0.385 e. The zero-order valence-corrected chi connectivity index (χ0v) is 18.5. The highest BCUT2D eigenvalue weighted by Gasteiger charge is 2.23. The Hall–Kier alpha value is -2.89. The van der Waals surface area contributed by atoms with E-state index in [1.54, 1.807) is 13.3 Å². The molecule has 2 aromatic carbocycles. The average Bonchev–Trinajstić information content (AvgIpc) is 3.15. The molecule has 0 saturated heterocycles. The molecule has 2 heterocycles. The van der Waals surface area contributed by atoms with Crippen molar-refractivity contribution in [3.8, 4) is 0 Å². The number of nitrogens with one attached hydrogen (secondary N) is 1. The Bertz CT molecular complexity index is 1190. The summed E-state index contributed by atoms with van der Waals surface area (Å²) in [5, 5.41) is 2.90. The first kappa shape index (κ1) is 21.3. The van der Waals surface area contributed by atoms with Crippen LogP contribution in [0.4, 0.5) is 0 Å². The predicted molar refractivity (Wildman–Crippen MR) is 125 cm³/mol. The van der Waals surface area contributed by atoms with Crippen LogP contribution in [0.5, 0.6) is 0 Å². The van der Waals surface area contributed by atoms with Crippen molar-refractivity contribution in [2.45, 2.75) is 25.8 Å². The number of hydrogen-bond donors (Lipinski definition) is 1. The van der Waals surface area contributed by atoms with Gasteiger partial charge in [0, 0.05) is 53.3 Å². The van der Waals surface area contributed by atoms with Gasteiger partial charge in [0.15, 0.2) is 0 Å². The van der Waals surface area contributed by atoms with Gasteiger partial charge in [0.05, 0.1) is 18.2 Å². The van der Waals surface area contributed by atoms with Gasteiger partial charge in [0.2, 0.25) is 5.91 Å². The van der Waals surface area contributed by atoms with Crippen molar-refractivity contribution in [2.75, 3.05) is 20.3 Å². The number of hydrogen-bond acceptors (Lipinski definition) is 3. The fraction of sp³-hybridized carbons (Fsp3) is 0.280. The number of amides is 1. The molecule has 0 fully saturated rings. The molecule has 0 aliphatic rings. The Morgan fingerprint density at radius 2 is 2.00 bits per heavy atom. The zero-order chi connectivity index (χ0) is 21.8. The fourth-order valence-corrected chi connectivity index (χ4v) is 4.11. The Balaban J connectivity index is 1.60. The molecule has 4 rings (SSSR count). The van der Waals surface area contributed by atoms with E-state index in [1.165, 1.54) is 0 Å². The van der Waals surface area contributed by atoms with Crippen molar-refractivity contribution in [3.05, 3.63) is 77.1 Å². The van der Waals surface area contributed by atoms with Gasteiger partial charge in [-0.3, -0.25) is 9.78 Å². The van der Waals surface area contributed by atoms with Crippen LogP contribution in [0.2, 0.25) is 5.02 Å². The summed E-state index contributed by atoms with van der Waals surface area (Å²) in [6, 6.07) is 17.8. The number of nitrogens with zero attached hydrogens (tertiary/aromatic N) is 2. The molecule has 1 atom stereocenters. The number of pyridine rings is 1. The van der Waals surface area contributed by atoms with Crippen LogP contribution in [0.15, 0.2) is 60.8 Å². The summed E-state index contributed by atoms with van der Waals surface area (Å²) >= 11 is 6.17. The molecule has 160 valence electrons. The van der Waals surface area contributed by atoms with E-state index in [9.17, 15) is 4.79 Å². The lowest BCUT2D eigenvalue weighted by Gasteiger charge is -2.26. The van der Waals surface area contributed by atoms with E-state index in [-0.39, 0.29) is 11.8 Å². The van der Waals surface area contributed by atoms with E-state index >= 15 is 0 Å². The van der Waals surface area contributed by atoms with Gasteiger partial charge in [-0.15, -0.1) is 0 Å². The van der Waals surface area contributed by atoms with Crippen molar-refractivity contribution in [1.82, 2.24) is 14.9 Å². The molecule has 1 amide bonds. The van der Waals surface area contributed by atoms with Gasteiger partial charge in [-0.1, -0.05) is 29.8 Å². The van der Waals surface area contributed by atoms with Crippen LogP contribution >= 0.6 is 11.6 Å². The molecule has 0 unspecified atom stereocenters. The molecule has 31 heavy (non-hydrogen) atoms. The molecule has 0 aliphatic carbocycles. The van der Waals surface area contributed by atoms with Crippen LogP contribution in [0.25, 0.3) is 21.8 Å². The smallest absolute Gasteiger partial charge is 0.230 e. The molecule has 5 nitrogen and oxygen atoms in total. The number of halogens is 1. The summed E-state index contributed by atoms with van der Waals surface area (Å²) in [7, 11) is 1.68. The summed E-state index contributed by atoms with van der Waals surface area (Å²) in [5.74, 6) is -0.189. The Morgan fingerprint density at radius 1 is 1.13 bits per heavy atom. The monoisotopic (exact) mass is 435 g/mol. The second kappa shape index (κ2) is 9.50.